The first-order valence-corrected chi connectivity index (χ1v) is 8.92. The molecule has 0 amide bonds. The maximum absolute atomic E-state index is 9.25. The largest absolute Gasteiger partial charge is 0.496 e. The molecule has 1 atom stereocenters. The molecule has 0 aliphatic carbocycles. The fraction of sp³-hybridized carbons (Fsp3) is 0.450. The SMILES string of the molecule is COc1ccccc1[C@H](C)Nc1ccc(N2CCC(CO)CC2)cn1. The van der Waals surface area contributed by atoms with Crippen LogP contribution in [0.2, 0.25) is 0 Å². The van der Waals surface area contributed by atoms with Crippen LogP contribution in [0.3, 0.4) is 0 Å². The molecule has 1 aromatic heterocycles. The summed E-state index contributed by atoms with van der Waals surface area (Å²) in [6.07, 6.45) is 4.01. The normalized spacial score (nSPS) is 16.5. The number of para-hydroxylation sites is 1. The molecule has 1 aliphatic heterocycles. The van der Waals surface area contributed by atoms with Crippen molar-refractivity contribution < 1.29 is 9.84 Å². The van der Waals surface area contributed by atoms with Gasteiger partial charge in [0.15, 0.2) is 0 Å². The highest BCUT2D eigenvalue weighted by Crippen LogP contribution is 2.28. The lowest BCUT2D eigenvalue weighted by Crippen LogP contribution is -2.34. The van der Waals surface area contributed by atoms with Gasteiger partial charge in [0, 0.05) is 25.3 Å². The Morgan fingerprint density at radius 3 is 2.64 bits per heavy atom. The van der Waals surface area contributed by atoms with E-state index in [2.05, 4.69) is 34.3 Å². The van der Waals surface area contributed by atoms with Crippen molar-refractivity contribution >= 4 is 11.5 Å². The van der Waals surface area contributed by atoms with Gasteiger partial charge in [-0.05, 0) is 43.9 Å². The standard InChI is InChI=1S/C20H27N3O2/c1-15(18-5-3-4-6-19(18)25-2)22-20-8-7-17(13-21-20)23-11-9-16(14-24)10-12-23/h3-8,13,15-16,24H,9-12,14H2,1-2H3,(H,21,22)/t15-/m0/s1. The van der Waals surface area contributed by atoms with Gasteiger partial charge in [-0.2, -0.15) is 0 Å². The van der Waals surface area contributed by atoms with Gasteiger partial charge in [0.25, 0.3) is 0 Å². The average molecular weight is 341 g/mol. The Morgan fingerprint density at radius 2 is 2.00 bits per heavy atom. The summed E-state index contributed by atoms with van der Waals surface area (Å²) in [6, 6.07) is 12.3. The van der Waals surface area contributed by atoms with E-state index in [1.165, 1.54) is 0 Å². The summed E-state index contributed by atoms with van der Waals surface area (Å²) in [4.78, 5) is 6.91. The topological polar surface area (TPSA) is 57.6 Å². The second kappa shape index (κ2) is 8.21. The van der Waals surface area contributed by atoms with Gasteiger partial charge >= 0.3 is 0 Å². The summed E-state index contributed by atoms with van der Waals surface area (Å²) in [5.74, 6) is 2.19. The summed E-state index contributed by atoms with van der Waals surface area (Å²) >= 11 is 0. The quantitative estimate of drug-likeness (QED) is 0.842. The second-order valence-electron chi connectivity index (χ2n) is 6.62. The van der Waals surface area contributed by atoms with Gasteiger partial charge in [0.05, 0.1) is 25.0 Å². The molecule has 0 bridgehead atoms. The molecule has 0 unspecified atom stereocenters. The minimum atomic E-state index is 0.106. The predicted molar refractivity (Wildman–Crippen MR) is 101 cm³/mol. The van der Waals surface area contributed by atoms with Crippen molar-refractivity contribution in [2.24, 2.45) is 5.92 Å². The molecule has 0 saturated carbocycles. The Kier molecular flexibility index (Phi) is 5.76. The van der Waals surface area contributed by atoms with Crippen molar-refractivity contribution in [3.8, 4) is 5.75 Å². The van der Waals surface area contributed by atoms with E-state index in [1.54, 1.807) is 7.11 Å². The summed E-state index contributed by atoms with van der Waals surface area (Å²) in [6.45, 7) is 4.37. The molecule has 134 valence electrons. The molecule has 1 fully saturated rings. The maximum Gasteiger partial charge on any atom is 0.126 e. The first-order chi connectivity index (χ1) is 12.2. The fourth-order valence-corrected chi connectivity index (χ4v) is 3.36. The Balaban J connectivity index is 1.63. The van der Waals surface area contributed by atoms with Crippen LogP contribution in [0.4, 0.5) is 11.5 Å². The van der Waals surface area contributed by atoms with E-state index >= 15 is 0 Å². The molecule has 5 heteroatoms. The van der Waals surface area contributed by atoms with Crippen LogP contribution in [0.25, 0.3) is 0 Å². The van der Waals surface area contributed by atoms with Crippen molar-refractivity contribution in [3.05, 3.63) is 48.2 Å². The van der Waals surface area contributed by atoms with Crippen molar-refractivity contribution in [1.29, 1.82) is 0 Å². The van der Waals surface area contributed by atoms with Crippen molar-refractivity contribution in [2.45, 2.75) is 25.8 Å². The van der Waals surface area contributed by atoms with E-state index in [0.717, 1.165) is 48.7 Å². The van der Waals surface area contributed by atoms with Crippen molar-refractivity contribution in [1.82, 2.24) is 4.98 Å². The molecule has 0 radical (unpaired) electrons. The summed E-state index contributed by atoms with van der Waals surface area (Å²) in [7, 11) is 1.69. The van der Waals surface area contributed by atoms with Crippen LogP contribution < -0.4 is 15.0 Å². The van der Waals surface area contributed by atoms with Crippen LogP contribution >= 0.6 is 0 Å². The molecule has 1 saturated heterocycles. The lowest BCUT2D eigenvalue weighted by molar-refractivity contribution is 0.203. The third kappa shape index (κ3) is 4.23. The highest BCUT2D eigenvalue weighted by atomic mass is 16.5. The highest BCUT2D eigenvalue weighted by Gasteiger charge is 2.19. The second-order valence-corrected chi connectivity index (χ2v) is 6.62. The first kappa shape index (κ1) is 17.5. The van der Waals surface area contributed by atoms with Gasteiger partial charge in [0.2, 0.25) is 0 Å². The third-order valence-electron chi connectivity index (χ3n) is 4.96. The summed E-state index contributed by atoms with van der Waals surface area (Å²) < 4.78 is 5.44. The fourth-order valence-electron chi connectivity index (χ4n) is 3.36. The number of aromatic nitrogens is 1. The lowest BCUT2D eigenvalue weighted by Gasteiger charge is -2.32. The van der Waals surface area contributed by atoms with Crippen molar-refractivity contribution in [2.75, 3.05) is 37.0 Å². The van der Waals surface area contributed by atoms with Crippen LogP contribution in [0.15, 0.2) is 42.6 Å². The molecule has 1 aromatic carbocycles. The Bertz CT molecular complexity index is 667. The van der Waals surface area contributed by atoms with Crippen LogP contribution in [0.1, 0.15) is 31.4 Å². The maximum atomic E-state index is 9.25. The predicted octanol–water partition coefficient (Wildman–Crippen LogP) is 3.47. The van der Waals surface area contributed by atoms with Gasteiger partial charge in [-0.15, -0.1) is 0 Å². The minimum absolute atomic E-state index is 0.106. The Labute approximate surface area is 149 Å². The van der Waals surface area contributed by atoms with Crippen molar-refractivity contribution in [3.63, 3.8) is 0 Å². The average Bonchev–Trinajstić information content (AvgIpc) is 2.68. The number of hydrogen-bond donors (Lipinski definition) is 2. The molecule has 2 heterocycles. The minimum Gasteiger partial charge on any atom is -0.496 e. The highest BCUT2D eigenvalue weighted by molar-refractivity contribution is 5.51. The molecule has 0 spiro atoms. The molecule has 25 heavy (non-hydrogen) atoms. The Morgan fingerprint density at radius 1 is 1.24 bits per heavy atom. The monoisotopic (exact) mass is 341 g/mol. The molecule has 5 nitrogen and oxygen atoms in total. The van der Waals surface area contributed by atoms with E-state index in [1.807, 2.05) is 30.5 Å². The number of ether oxygens (including phenoxy) is 1. The number of anilines is 2. The zero-order chi connectivity index (χ0) is 17.6. The number of aliphatic hydroxyl groups is 1. The number of aliphatic hydroxyl groups excluding tert-OH is 1. The molecule has 2 N–H and O–H groups in total. The smallest absolute Gasteiger partial charge is 0.126 e. The number of methoxy groups -OCH3 is 1. The van der Waals surface area contributed by atoms with Gasteiger partial charge < -0.3 is 20.1 Å². The molecular weight excluding hydrogens is 314 g/mol. The molecule has 3 rings (SSSR count). The van der Waals surface area contributed by atoms with E-state index in [9.17, 15) is 5.11 Å². The van der Waals surface area contributed by atoms with Crippen LogP contribution in [-0.4, -0.2) is 36.9 Å². The van der Waals surface area contributed by atoms with Gasteiger partial charge in [-0.25, -0.2) is 4.98 Å². The molecule has 1 aliphatic rings. The first-order valence-electron chi connectivity index (χ1n) is 8.92. The van der Waals surface area contributed by atoms with Crippen LogP contribution in [0.5, 0.6) is 5.75 Å². The number of hydrogen-bond acceptors (Lipinski definition) is 5. The third-order valence-corrected chi connectivity index (χ3v) is 4.96. The number of pyridine rings is 1. The van der Waals surface area contributed by atoms with E-state index in [-0.39, 0.29) is 6.04 Å². The van der Waals surface area contributed by atoms with Crippen LogP contribution in [0, 0.1) is 5.92 Å². The van der Waals surface area contributed by atoms with E-state index < -0.39 is 0 Å². The summed E-state index contributed by atoms with van der Waals surface area (Å²) in [5, 5.41) is 12.7. The zero-order valence-corrected chi connectivity index (χ0v) is 15.0. The van der Waals surface area contributed by atoms with Gasteiger partial charge in [-0.1, -0.05) is 18.2 Å². The number of piperidine rings is 1. The molecule has 2 aromatic rings. The number of nitrogens with one attached hydrogen (secondary N) is 1. The zero-order valence-electron chi connectivity index (χ0n) is 15.0. The number of benzene rings is 1. The number of nitrogens with zero attached hydrogens (tertiary/aromatic N) is 2. The Hall–Kier alpha value is -2.27. The number of rotatable bonds is 6. The van der Waals surface area contributed by atoms with Crippen LogP contribution in [-0.2, 0) is 0 Å². The lowest BCUT2D eigenvalue weighted by atomic mass is 9.98. The van der Waals surface area contributed by atoms with E-state index in [0.29, 0.717) is 12.5 Å². The van der Waals surface area contributed by atoms with Gasteiger partial charge in [-0.3, -0.25) is 0 Å². The van der Waals surface area contributed by atoms with Gasteiger partial charge in [0.1, 0.15) is 11.6 Å². The molecular formula is C20H27N3O2. The summed E-state index contributed by atoms with van der Waals surface area (Å²) in [5.41, 5.74) is 2.26. The van der Waals surface area contributed by atoms with E-state index in [4.69, 9.17) is 4.74 Å².